The average molecular weight is 565 g/mol. The van der Waals surface area contributed by atoms with Gasteiger partial charge < -0.3 is 15.1 Å². The fourth-order valence-corrected chi connectivity index (χ4v) is 4.32. The Hall–Kier alpha value is -3.54. The lowest BCUT2D eigenvalue weighted by Crippen LogP contribution is -2.47. The second-order valence-corrected chi connectivity index (χ2v) is 9.19. The zero-order valence-electron chi connectivity index (χ0n) is 18.7. The van der Waals surface area contributed by atoms with Gasteiger partial charge in [-0.15, -0.1) is 0 Å². The maximum atomic E-state index is 4.76. The third-order valence-electron chi connectivity index (χ3n) is 5.45. The molecule has 0 atom stereocenters. The Labute approximate surface area is 211 Å². The van der Waals surface area contributed by atoms with E-state index in [1.165, 1.54) is 9.26 Å². The number of aromatic amines is 1. The number of benzene rings is 1. The van der Waals surface area contributed by atoms with E-state index >= 15 is 0 Å². The molecule has 0 spiro atoms. The molecule has 3 aromatic heterocycles. The summed E-state index contributed by atoms with van der Waals surface area (Å²) in [5.74, 6) is 2.39. The minimum absolute atomic E-state index is 0.468. The van der Waals surface area contributed by atoms with Gasteiger partial charge in [0.1, 0.15) is 0 Å². The summed E-state index contributed by atoms with van der Waals surface area (Å²) in [5.41, 5.74) is 3.24. The Kier molecular flexibility index (Phi) is 6.65. The van der Waals surface area contributed by atoms with Crippen molar-refractivity contribution in [3.05, 3.63) is 75.5 Å². The monoisotopic (exact) mass is 565 g/mol. The van der Waals surface area contributed by atoms with Crippen LogP contribution in [0.5, 0.6) is 0 Å². The van der Waals surface area contributed by atoms with Crippen molar-refractivity contribution in [2.75, 3.05) is 41.3 Å². The van der Waals surface area contributed by atoms with Crippen molar-refractivity contribution in [2.24, 2.45) is 0 Å². The molecule has 4 aromatic rings. The first-order valence-corrected chi connectivity index (χ1v) is 12.1. The lowest BCUT2D eigenvalue weighted by atomic mass is 10.2. The van der Waals surface area contributed by atoms with Gasteiger partial charge in [0.05, 0.1) is 0 Å². The van der Waals surface area contributed by atoms with Crippen LogP contribution in [-0.4, -0.2) is 56.3 Å². The number of aryl methyl sites for hydroxylation is 1. The molecular formula is C24H24IN9. The summed E-state index contributed by atoms with van der Waals surface area (Å²) in [7, 11) is 0. The van der Waals surface area contributed by atoms with E-state index in [1.807, 2.05) is 55.7 Å². The molecule has 0 aliphatic carbocycles. The first-order valence-electron chi connectivity index (χ1n) is 11.0. The normalized spacial score (nSPS) is 14.1. The maximum Gasteiger partial charge on any atom is 0.233 e. The van der Waals surface area contributed by atoms with E-state index < -0.39 is 0 Å². The highest BCUT2D eigenvalue weighted by Crippen LogP contribution is 2.20. The summed E-state index contributed by atoms with van der Waals surface area (Å²) in [5, 5.41) is 10.4. The molecule has 0 unspecified atom stereocenters. The summed E-state index contributed by atoms with van der Waals surface area (Å²) in [6.45, 7) is 5.34. The van der Waals surface area contributed by atoms with Crippen molar-refractivity contribution >= 4 is 58.1 Å². The number of aromatic nitrogens is 6. The third-order valence-corrected chi connectivity index (χ3v) is 6.12. The fourth-order valence-electron chi connectivity index (χ4n) is 3.75. The number of nitrogens with zero attached hydrogens (tertiary/aromatic N) is 7. The van der Waals surface area contributed by atoms with Gasteiger partial charge in [-0.1, -0.05) is 18.2 Å². The van der Waals surface area contributed by atoms with Crippen molar-refractivity contribution in [3.8, 4) is 0 Å². The van der Waals surface area contributed by atoms with Crippen LogP contribution in [0.1, 0.15) is 17.1 Å². The largest absolute Gasteiger partial charge is 0.368 e. The highest BCUT2D eigenvalue weighted by molar-refractivity contribution is 14.1. The third kappa shape index (κ3) is 5.50. The molecule has 9 nitrogen and oxygen atoms in total. The molecule has 34 heavy (non-hydrogen) atoms. The second-order valence-electron chi connectivity index (χ2n) is 7.95. The average Bonchev–Trinajstić information content (AvgIpc) is 3.27. The molecular weight excluding hydrogens is 541 g/mol. The molecule has 0 radical (unpaired) electrons. The SMILES string of the molecule is Cc1cc(Nc2nc(/C=C/c3cccc(I)c3)nc(N3CCN(c4ccncc4)CC3)n2)n[nH]1. The number of hydrogen-bond donors (Lipinski definition) is 2. The molecule has 1 fully saturated rings. The molecule has 1 aliphatic rings. The topological polar surface area (TPSA) is 98.8 Å². The predicted octanol–water partition coefficient (Wildman–Crippen LogP) is 4.14. The van der Waals surface area contributed by atoms with Crippen LogP contribution >= 0.6 is 22.6 Å². The zero-order chi connectivity index (χ0) is 23.3. The fraction of sp³-hybridized carbons (Fsp3) is 0.208. The molecule has 0 saturated carbocycles. The summed E-state index contributed by atoms with van der Waals surface area (Å²) in [6.07, 6.45) is 7.60. The molecule has 4 heterocycles. The van der Waals surface area contributed by atoms with Crippen LogP contribution in [0, 0.1) is 10.5 Å². The standard InChI is InChI=1S/C24H24IN9/c1-17-15-22(32-31-17)28-23-27-21(6-5-18-3-2-4-19(25)16-18)29-24(30-23)34-13-11-33(12-14-34)20-7-9-26-10-8-20/h2-10,15-16H,11-14H2,1H3,(H2,27,28,29,30,31,32)/b6-5+. The van der Waals surface area contributed by atoms with E-state index in [-0.39, 0.29) is 0 Å². The van der Waals surface area contributed by atoms with E-state index in [2.05, 4.69) is 76.1 Å². The van der Waals surface area contributed by atoms with Crippen molar-refractivity contribution in [2.45, 2.75) is 6.92 Å². The van der Waals surface area contributed by atoms with Gasteiger partial charge in [-0.3, -0.25) is 10.1 Å². The van der Waals surface area contributed by atoms with Gasteiger partial charge in [0.25, 0.3) is 0 Å². The highest BCUT2D eigenvalue weighted by atomic mass is 127. The van der Waals surface area contributed by atoms with Crippen molar-refractivity contribution < 1.29 is 0 Å². The highest BCUT2D eigenvalue weighted by Gasteiger charge is 2.20. The van der Waals surface area contributed by atoms with Gasteiger partial charge in [0, 0.05) is 59.6 Å². The van der Waals surface area contributed by atoms with Crippen LogP contribution in [0.2, 0.25) is 0 Å². The molecule has 1 saturated heterocycles. The summed E-state index contributed by atoms with van der Waals surface area (Å²) < 4.78 is 1.18. The first kappa shape index (κ1) is 22.3. The molecule has 0 amide bonds. The molecule has 0 bridgehead atoms. The molecule has 10 heteroatoms. The van der Waals surface area contributed by atoms with E-state index in [9.17, 15) is 0 Å². The predicted molar refractivity (Wildman–Crippen MR) is 143 cm³/mol. The Balaban J connectivity index is 1.39. The number of nitrogens with one attached hydrogen (secondary N) is 2. The summed E-state index contributed by atoms with van der Waals surface area (Å²) in [4.78, 5) is 22.7. The Bertz CT molecular complexity index is 1280. The molecule has 172 valence electrons. The number of rotatable bonds is 6. The van der Waals surface area contributed by atoms with Crippen LogP contribution in [-0.2, 0) is 0 Å². The number of halogens is 1. The van der Waals surface area contributed by atoms with Crippen LogP contribution < -0.4 is 15.1 Å². The number of piperazine rings is 1. The van der Waals surface area contributed by atoms with Crippen LogP contribution in [0.25, 0.3) is 12.2 Å². The molecule has 1 aromatic carbocycles. The van der Waals surface area contributed by atoms with E-state index in [4.69, 9.17) is 9.97 Å². The van der Waals surface area contributed by atoms with Crippen LogP contribution in [0.3, 0.4) is 0 Å². The number of pyridine rings is 1. The van der Waals surface area contributed by atoms with Crippen LogP contribution in [0.4, 0.5) is 23.4 Å². The lowest BCUT2D eigenvalue weighted by Gasteiger charge is -2.36. The van der Waals surface area contributed by atoms with Crippen LogP contribution in [0.15, 0.2) is 54.9 Å². The first-order chi connectivity index (χ1) is 16.6. The minimum Gasteiger partial charge on any atom is -0.368 e. The molecule has 2 N–H and O–H groups in total. The van der Waals surface area contributed by atoms with E-state index in [0.717, 1.165) is 37.4 Å². The van der Waals surface area contributed by atoms with Crippen molar-refractivity contribution in [1.82, 2.24) is 30.1 Å². The van der Waals surface area contributed by atoms with Gasteiger partial charge in [-0.05, 0) is 65.4 Å². The van der Waals surface area contributed by atoms with E-state index in [0.29, 0.717) is 23.5 Å². The summed E-state index contributed by atoms with van der Waals surface area (Å²) >= 11 is 2.31. The maximum absolute atomic E-state index is 4.76. The number of anilines is 4. The minimum atomic E-state index is 0.468. The van der Waals surface area contributed by atoms with Crippen molar-refractivity contribution in [1.29, 1.82) is 0 Å². The number of hydrogen-bond acceptors (Lipinski definition) is 8. The van der Waals surface area contributed by atoms with E-state index in [1.54, 1.807) is 0 Å². The smallest absolute Gasteiger partial charge is 0.233 e. The lowest BCUT2D eigenvalue weighted by molar-refractivity contribution is 0.638. The Morgan fingerprint density at radius 3 is 2.47 bits per heavy atom. The van der Waals surface area contributed by atoms with Gasteiger partial charge in [-0.2, -0.15) is 20.1 Å². The number of H-pyrrole nitrogens is 1. The van der Waals surface area contributed by atoms with Gasteiger partial charge in [0.15, 0.2) is 11.6 Å². The van der Waals surface area contributed by atoms with Gasteiger partial charge in [0.2, 0.25) is 11.9 Å². The second kappa shape index (κ2) is 10.2. The van der Waals surface area contributed by atoms with Gasteiger partial charge >= 0.3 is 0 Å². The Morgan fingerprint density at radius 1 is 0.941 bits per heavy atom. The van der Waals surface area contributed by atoms with Gasteiger partial charge in [-0.25, -0.2) is 0 Å². The molecule has 1 aliphatic heterocycles. The quantitative estimate of drug-likeness (QED) is 0.337. The summed E-state index contributed by atoms with van der Waals surface area (Å²) in [6, 6.07) is 14.3. The zero-order valence-corrected chi connectivity index (χ0v) is 20.8. The Morgan fingerprint density at radius 2 is 1.74 bits per heavy atom. The molecule has 5 rings (SSSR count). The van der Waals surface area contributed by atoms with Crippen molar-refractivity contribution in [3.63, 3.8) is 0 Å².